The Bertz CT molecular complexity index is 1560. The van der Waals surface area contributed by atoms with Crippen molar-refractivity contribution in [2.45, 2.75) is 32.0 Å². The van der Waals surface area contributed by atoms with Crippen molar-refractivity contribution >= 4 is 40.3 Å². The zero-order chi connectivity index (χ0) is 26.9. The lowest BCUT2D eigenvalue weighted by atomic mass is 10.0. The van der Waals surface area contributed by atoms with Crippen molar-refractivity contribution in [3.63, 3.8) is 0 Å². The molecule has 0 radical (unpaired) electrons. The van der Waals surface area contributed by atoms with E-state index in [1.54, 1.807) is 17.2 Å². The number of nitrogens with one attached hydrogen (secondary N) is 2. The number of aryl methyl sites for hydroxylation is 1. The molecule has 200 valence electrons. The lowest BCUT2D eigenvalue weighted by Crippen LogP contribution is -2.37. The van der Waals surface area contributed by atoms with Crippen LogP contribution in [-0.2, 0) is 29.7 Å². The molecule has 4 aromatic rings. The van der Waals surface area contributed by atoms with E-state index < -0.39 is 0 Å². The van der Waals surface area contributed by atoms with E-state index in [9.17, 15) is 9.59 Å². The van der Waals surface area contributed by atoms with Gasteiger partial charge in [-0.1, -0.05) is 35.9 Å². The summed E-state index contributed by atoms with van der Waals surface area (Å²) in [4.78, 5) is 36.5. The van der Waals surface area contributed by atoms with E-state index in [-0.39, 0.29) is 24.4 Å². The Labute approximate surface area is 231 Å². The number of nitrogens with zero attached hydrogens (tertiary/aromatic N) is 4. The Kier molecular flexibility index (Phi) is 6.93. The van der Waals surface area contributed by atoms with Crippen LogP contribution >= 0.6 is 11.6 Å². The number of rotatable bonds is 7. The van der Waals surface area contributed by atoms with Crippen LogP contribution in [0, 0.1) is 0 Å². The molecule has 0 spiro atoms. The number of carbonyl (C=O) groups excluding carboxylic acids is 2. The van der Waals surface area contributed by atoms with Crippen LogP contribution in [0.15, 0.2) is 54.9 Å². The number of aromatic nitrogens is 3. The minimum absolute atomic E-state index is 0.0112. The van der Waals surface area contributed by atoms with Crippen LogP contribution in [0.5, 0.6) is 0 Å². The number of hydrogen-bond donors (Lipinski definition) is 2. The number of halogens is 1. The van der Waals surface area contributed by atoms with Gasteiger partial charge in [-0.3, -0.25) is 9.59 Å². The molecule has 2 N–H and O–H groups in total. The average Bonchev–Trinajstić information content (AvgIpc) is 3.47. The summed E-state index contributed by atoms with van der Waals surface area (Å²) in [5.74, 6) is 0.113. The minimum atomic E-state index is -0.203. The molecule has 0 unspecified atom stereocenters. The molecule has 0 aliphatic carbocycles. The van der Waals surface area contributed by atoms with Gasteiger partial charge in [-0.15, -0.1) is 0 Å². The zero-order valence-corrected chi connectivity index (χ0v) is 22.4. The van der Waals surface area contributed by atoms with Crippen molar-refractivity contribution in [2.75, 3.05) is 25.1 Å². The number of benzene rings is 2. The monoisotopic (exact) mass is 544 g/mol. The molecule has 0 bridgehead atoms. The van der Waals surface area contributed by atoms with Gasteiger partial charge in [0.1, 0.15) is 6.54 Å². The second-order valence-electron chi connectivity index (χ2n) is 10.1. The molecule has 0 saturated carbocycles. The van der Waals surface area contributed by atoms with Crippen LogP contribution in [0.1, 0.15) is 34.3 Å². The molecule has 4 heterocycles. The summed E-state index contributed by atoms with van der Waals surface area (Å²) in [5, 5.41) is 7.86. The Morgan fingerprint density at radius 1 is 1.15 bits per heavy atom. The first-order valence-corrected chi connectivity index (χ1v) is 13.4. The summed E-state index contributed by atoms with van der Waals surface area (Å²) in [5.41, 5.74) is 4.83. The largest absolute Gasteiger partial charge is 0.381 e. The fourth-order valence-electron chi connectivity index (χ4n) is 5.15. The topological polar surface area (TPSA) is 101 Å². The summed E-state index contributed by atoms with van der Waals surface area (Å²) in [6.45, 7) is 2.19. The van der Waals surface area contributed by atoms with Gasteiger partial charge >= 0.3 is 0 Å². The fourth-order valence-corrected chi connectivity index (χ4v) is 5.35. The molecule has 2 amide bonds. The summed E-state index contributed by atoms with van der Waals surface area (Å²) >= 11 is 6.46. The molecule has 39 heavy (non-hydrogen) atoms. The molecule has 9 nitrogen and oxygen atoms in total. The fraction of sp³-hybridized carbons (Fsp3) is 0.310. The SMILES string of the molecule is Cn1ccc2ccc(CNC(=O)CN3Cc4ccc(-c5nc(NC6CCOCC6)ncc5Cl)cc4C3=O)cc21. The Morgan fingerprint density at radius 3 is 2.85 bits per heavy atom. The van der Waals surface area contributed by atoms with Gasteiger partial charge in [0.15, 0.2) is 0 Å². The number of amides is 2. The Morgan fingerprint density at radius 2 is 2.00 bits per heavy atom. The number of anilines is 1. The second kappa shape index (κ2) is 10.7. The molecule has 2 aromatic heterocycles. The lowest BCUT2D eigenvalue weighted by Gasteiger charge is -2.23. The highest BCUT2D eigenvalue weighted by molar-refractivity contribution is 6.33. The van der Waals surface area contributed by atoms with Crippen LogP contribution in [0.3, 0.4) is 0 Å². The van der Waals surface area contributed by atoms with E-state index in [1.807, 2.05) is 42.1 Å². The van der Waals surface area contributed by atoms with Gasteiger partial charge in [-0.2, -0.15) is 0 Å². The molecule has 1 fully saturated rings. The van der Waals surface area contributed by atoms with Gasteiger partial charge in [-0.05, 0) is 47.6 Å². The van der Waals surface area contributed by atoms with Crippen molar-refractivity contribution in [3.8, 4) is 11.3 Å². The van der Waals surface area contributed by atoms with Crippen LogP contribution in [0.2, 0.25) is 5.02 Å². The number of carbonyl (C=O) groups is 2. The van der Waals surface area contributed by atoms with E-state index in [2.05, 4.69) is 32.7 Å². The highest BCUT2D eigenvalue weighted by Crippen LogP contribution is 2.31. The van der Waals surface area contributed by atoms with Crippen molar-refractivity contribution in [1.29, 1.82) is 0 Å². The van der Waals surface area contributed by atoms with Crippen molar-refractivity contribution in [1.82, 2.24) is 24.8 Å². The van der Waals surface area contributed by atoms with Gasteiger partial charge in [0.25, 0.3) is 5.91 Å². The molecular formula is C29H29ClN6O3. The Hall–Kier alpha value is -3.95. The molecular weight excluding hydrogens is 516 g/mol. The maximum absolute atomic E-state index is 13.2. The van der Waals surface area contributed by atoms with Crippen LogP contribution < -0.4 is 10.6 Å². The standard InChI is InChI=1S/C29H29ClN6O3/c1-35-9-6-19-3-2-18(12-25(19)35)14-31-26(37)17-36-16-21-5-4-20(13-23(21)28(36)38)27-24(30)15-32-29(34-27)33-22-7-10-39-11-8-22/h2-6,9,12-13,15,22H,7-8,10-11,14,16-17H2,1H3,(H,31,37)(H,32,33,34). The number of hydrogen-bond acceptors (Lipinski definition) is 6. The maximum atomic E-state index is 13.2. The summed E-state index contributed by atoms with van der Waals surface area (Å²) in [6, 6.07) is 14.0. The first-order valence-electron chi connectivity index (χ1n) is 13.0. The van der Waals surface area contributed by atoms with Crippen molar-refractivity contribution in [2.24, 2.45) is 7.05 Å². The summed E-state index contributed by atoms with van der Waals surface area (Å²) in [7, 11) is 1.99. The molecule has 2 aliphatic rings. The minimum Gasteiger partial charge on any atom is -0.381 e. The third kappa shape index (κ3) is 5.32. The van der Waals surface area contributed by atoms with Gasteiger partial charge in [0.2, 0.25) is 11.9 Å². The first-order chi connectivity index (χ1) is 18.9. The van der Waals surface area contributed by atoms with Gasteiger partial charge in [0.05, 0.1) is 16.9 Å². The highest BCUT2D eigenvalue weighted by atomic mass is 35.5. The molecule has 10 heteroatoms. The summed E-state index contributed by atoms with van der Waals surface area (Å²) in [6.07, 6.45) is 5.37. The van der Waals surface area contributed by atoms with Crippen LogP contribution in [0.4, 0.5) is 5.95 Å². The summed E-state index contributed by atoms with van der Waals surface area (Å²) < 4.78 is 7.47. The van der Waals surface area contributed by atoms with E-state index in [4.69, 9.17) is 16.3 Å². The highest BCUT2D eigenvalue weighted by Gasteiger charge is 2.29. The van der Waals surface area contributed by atoms with Gasteiger partial charge < -0.3 is 24.8 Å². The molecule has 1 saturated heterocycles. The molecule has 0 atom stereocenters. The van der Waals surface area contributed by atoms with E-state index >= 15 is 0 Å². The van der Waals surface area contributed by atoms with Crippen LogP contribution in [0.25, 0.3) is 22.2 Å². The van der Waals surface area contributed by atoms with E-state index in [1.165, 1.54) is 0 Å². The predicted molar refractivity (Wildman–Crippen MR) is 149 cm³/mol. The first kappa shape index (κ1) is 25.3. The molecule has 2 aliphatic heterocycles. The van der Waals surface area contributed by atoms with Crippen LogP contribution in [-0.4, -0.2) is 57.0 Å². The molecule has 2 aromatic carbocycles. The van der Waals surface area contributed by atoms with Gasteiger partial charge in [-0.25, -0.2) is 9.97 Å². The second-order valence-corrected chi connectivity index (χ2v) is 10.5. The van der Waals surface area contributed by atoms with Crippen molar-refractivity contribution in [3.05, 3.63) is 76.6 Å². The predicted octanol–water partition coefficient (Wildman–Crippen LogP) is 4.15. The van der Waals surface area contributed by atoms with Crippen molar-refractivity contribution < 1.29 is 14.3 Å². The smallest absolute Gasteiger partial charge is 0.254 e. The third-order valence-electron chi connectivity index (χ3n) is 7.34. The zero-order valence-electron chi connectivity index (χ0n) is 21.6. The number of ether oxygens (including phenoxy) is 1. The average molecular weight is 545 g/mol. The third-order valence-corrected chi connectivity index (χ3v) is 7.61. The molecule has 6 rings (SSSR count). The lowest BCUT2D eigenvalue weighted by molar-refractivity contribution is -0.122. The van der Waals surface area contributed by atoms with Gasteiger partial charge in [0, 0.05) is 62.2 Å². The normalized spacial score (nSPS) is 15.5. The van der Waals surface area contributed by atoms with E-state index in [0.29, 0.717) is 48.5 Å². The maximum Gasteiger partial charge on any atom is 0.254 e. The quantitative estimate of drug-likeness (QED) is 0.362. The Balaban J connectivity index is 1.11. The van der Waals surface area contributed by atoms with E-state index in [0.717, 1.165) is 40.4 Å². The number of fused-ring (bicyclic) bond motifs is 2.